The Morgan fingerprint density at radius 1 is 1.73 bits per heavy atom. The van der Waals surface area contributed by atoms with Gasteiger partial charge in [0, 0.05) is 35.5 Å². The Bertz CT molecular complexity index is 149. The Labute approximate surface area is 70.4 Å². The van der Waals surface area contributed by atoms with Crippen molar-refractivity contribution in [3.63, 3.8) is 0 Å². The molecule has 1 unspecified atom stereocenters. The molecule has 0 aromatic carbocycles. The van der Waals surface area contributed by atoms with Crippen molar-refractivity contribution in [3.8, 4) is 0 Å². The van der Waals surface area contributed by atoms with Crippen LogP contribution in [0.3, 0.4) is 0 Å². The first kappa shape index (κ1) is 8.71. The van der Waals surface area contributed by atoms with Crippen molar-refractivity contribution in [1.29, 1.82) is 0 Å². The van der Waals surface area contributed by atoms with E-state index in [1.165, 1.54) is 5.75 Å². The third kappa shape index (κ3) is 3.51. The smallest absolute Gasteiger partial charge is 0.0272 e. The first-order valence-corrected chi connectivity index (χ1v) is 4.91. The molecular weight excluding hydrogens is 160 g/mol. The molecule has 1 heterocycles. The number of nitrogens with zero attached hydrogens (tertiary/aromatic N) is 3. The van der Waals surface area contributed by atoms with Crippen LogP contribution in [-0.4, -0.2) is 30.6 Å². The molecule has 1 rings (SSSR count). The summed E-state index contributed by atoms with van der Waals surface area (Å²) in [5.74, 6) is 2.36. The molecule has 0 radical (unpaired) electrons. The average Bonchev–Trinajstić information content (AvgIpc) is 2.07. The highest BCUT2D eigenvalue weighted by Crippen LogP contribution is 2.09. The van der Waals surface area contributed by atoms with E-state index in [0.717, 1.165) is 18.7 Å². The molecular formula is C6H12N4S. The molecule has 0 bridgehead atoms. The number of nitrogens with one attached hydrogen (secondary N) is 1. The van der Waals surface area contributed by atoms with Crippen molar-refractivity contribution in [2.75, 3.05) is 24.6 Å². The maximum Gasteiger partial charge on any atom is 0.0272 e. The van der Waals surface area contributed by atoms with Crippen LogP contribution in [0.5, 0.6) is 0 Å². The Morgan fingerprint density at radius 3 is 3.27 bits per heavy atom. The van der Waals surface area contributed by atoms with Crippen molar-refractivity contribution in [3.05, 3.63) is 10.4 Å². The highest BCUT2D eigenvalue weighted by molar-refractivity contribution is 7.99. The number of hydrogen-bond donors (Lipinski definition) is 1. The summed E-state index contributed by atoms with van der Waals surface area (Å²) in [5.41, 5.74) is 8.03. The molecule has 4 nitrogen and oxygen atoms in total. The minimum absolute atomic E-state index is 0.555. The van der Waals surface area contributed by atoms with Gasteiger partial charge in [-0.05, 0) is 12.0 Å². The van der Waals surface area contributed by atoms with E-state index in [1.54, 1.807) is 0 Å². The zero-order valence-electron chi connectivity index (χ0n) is 6.36. The number of rotatable bonds is 3. The fourth-order valence-electron chi connectivity index (χ4n) is 1.06. The molecule has 1 fully saturated rings. The van der Waals surface area contributed by atoms with Gasteiger partial charge in [-0.3, -0.25) is 0 Å². The Balaban J connectivity index is 2.09. The largest absolute Gasteiger partial charge is 0.312 e. The minimum atomic E-state index is 0.555. The van der Waals surface area contributed by atoms with Crippen molar-refractivity contribution in [2.24, 2.45) is 5.11 Å². The lowest BCUT2D eigenvalue weighted by molar-refractivity contribution is 0.535. The van der Waals surface area contributed by atoms with E-state index in [1.807, 2.05) is 11.8 Å². The molecule has 0 aromatic heterocycles. The molecule has 0 spiro atoms. The maximum atomic E-state index is 8.03. The minimum Gasteiger partial charge on any atom is -0.312 e. The van der Waals surface area contributed by atoms with Crippen LogP contribution in [0.15, 0.2) is 5.11 Å². The van der Waals surface area contributed by atoms with Crippen LogP contribution in [0.1, 0.15) is 6.42 Å². The third-order valence-electron chi connectivity index (χ3n) is 1.64. The first-order valence-electron chi connectivity index (χ1n) is 3.75. The summed E-state index contributed by atoms with van der Waals surface area (Å²) in [5, 5.41) is 6.87. The summed E-state index contributed by atoms with van der Waals surface area (Å²) in [6, 6.07) is 0.555. The number of thioether (sulfide) groups is 1. The van der Waals surface area contributed by atoms with Gasteiger partial charge in [-0.2, -0.15) is 11.8 Å². The molecule has 1 aliphatic heterocycles. The monoisotopic (exact) mass is 172 g/mol. The summed E-state index contributed by atoms with van der Waals surface area (Å²) in [6.45, 7) is 1.71. The summed E-state index contributed by atoms with van der Waals surface area (Å²) >= 11 is 1.96. The van der Waals surface area contributed by atoms with Gasteiger partial charge in [0.1, 0.15) is 0 Å². The van der Waals surface area contributed by atoms with Gasteiger partial charge in [-0.1, -0.05) is 5.11 Å². The molecule has 0 aromatic rings. The second-order valence-electron chi connectivity index (χ2n) is 2.47. The van der Waals surface area contributed by atoms with Gasteiger partial charge in [0.2, 0.25) is 0 Å². The van der Waals surface area contributed by atoms with Gasteiger partial charge < -0.3 is 5.32 Å². The zero-order chi connectivity index (χ0) is 7.94. The van der Waals surface area contributed by atoms with Gasteiger partial charge in [0.05, 0.1) is 0 Å². The first-order chi connectivity index (χ1) is 5.43. The van der Waals surface area contributed by atoms with Gasteiger partial charge in [-0.15, -0.1) is 0 Å². The van der Waals surface area contributed by atoms with Crippen molar-refractivity contribution >= 4 is 11.8 Å². The Hall–Kier alpha value is -0.380. The Morgan fingerprint density at radius 2 is 2.64 bits per heavy atom. The second-order valence-corrected chi connectivity index (χ2v) is 3.62. The van der Waals surface area contributed by atoms with Crippen LogP contribution < -0.4 is 5.32 Å². The van der Waals surface area contributed by atoms with Gasteiger partial charge in [0.25, 0.3) is 0 Å². The van der Waals surface area contributed by atoms with Crippen LogP contribution in [0.4, 0.5) is 0 Å². The molecule has 0 saturated carbocycles. The lowest BCUT2D eigenvalue weighted by Gasteiger charge is -2.21. The molecule has 62 valence electrons. The van der Waals surface area contributed by atoms with Crippen LogP contribution in [0.2, 0.25) is 0 Å². The summed E-state index contributed by atoms with van der Waals surface area (Å²) in [7, 11) is 0. The molecule has 1 saturated heterocycles. The third-order valence-corrected chi connectivity index (χ3v) is 2.77. The normalized spacial score (nSPS) is 24.2. The Kier molecular flexibility index (Phi) is 4.19. The van der Waals surface area contributed by atoms with E-state index in [0.29, 0.717) is 12.6 Å². The molecule has 0 amide bonds. The standard InChI is InChI=1S/C6H12N4S/c7-10-9-2-1-6-5-11-4-3-8-6/h6,8H,1-5H2. The fraction of sp³-hybridized carbons (Fsp3) is 1.00. The van der Waals surface area contributed by atoms with Crippen molar-refractivity contribution < 1.29 is 0 Å². The number of hydrogen-bond acceptors (Lipinski definition) is 3. The predicted molar refractivity (Wildman–Crippen MR) is 47.7 cm³/mol. The van der Waals surface area contributed by atoms with E-state index in [-0.39, 0.29) is 0 Å². The molecule has 1 aliphatic rings. The van der Waals surface area contributed by atoms with E-state index >= 15 is 0 Å². The zero-order valence-corrected chi connectivity index (χ0v) is 7.18. The van der Waals surface area contributed by atoms with Crippen LogP contribution in [0, 0.1) is 0 Å². The lowest BCUT2D eigenvalue weighted by Crippen LogP contribution is -2.37. The van der Waals surface area contributed by atoms with Crippen LogP contribution >= 0.6 is 11.8 Å². The van der Waals surface area contributed by atoms with Crippen LogP contribution in [0.25, 0.3) is 10.4 Å². The van der Waals surface area contributed by atoms with Crippen molar-refractivity contribution in [1.82, 2.24) is 5.32 Å². The topological polar surface area (TPSA) is 60.8 Å². The lowest BCUT2D eigenvalue weighted by atomic mass is 10.2. The molecule has 5 heteroatoms. The quantitative estimate of drug-likeness (QED) is 0.397. The highest BCUT2D eigenvalue weighted by Gasteiger charge is 2.10. The van der Waals surface area contributed by atoms with Crippen molar-refractivity contribution in [2.45, 2.75) is 12.5 Å². The number of azide groups is 1. The average molecular weight is 172 g/mol. The maximum absolute atomic E-state index is 8.03. The van der Waals surface area contributed by atoms with E-state index in [4.69, 9.17) is 5.53 Å². The van der Waals surface area contributed by atoms with E-state index in [2.05, 4.69) is 15.3 Å². The molecule has 1 N–H and O–H groups in total. The summed E-state index contributed by atoms with van der Waals surface area (Å²) in [6.07, 6.45) is 0.969. The van der Waals surface area contributed by atoms with Gasteiger partial charge in [0.15, 0.2) is 0 Å². The van der Waals surface area contributed by atoms with E-state index in [9.17, 15) is 0 Å². The SMILES string of the molecule is [N-]=[N+]=NCCC1CSCCN1. The molecule has 0 aliphatic carbocycles. The molecule has 11 heavy (non-hydrogen) atoms. The van der Waals surface area contributed by atoms with Gasteiger partial charge >= 0.3 is 0 Å². The molecule has 1 atom stereocenters. The summed E-state index contributed by atoms with van der Waals surface area (Å²) < 4.78 is 0. The predicted octanol–water partition coefficient (Wildman–Crippen LogP) is 1.39. The summed E-state index contributed by atoms with van der Waals surface area (Å²) in [4.78, 5) is 2.71. The highest BCUT2D eigenvalue weighted by atomic mass is 32.2. The van der Waals surface area contributed by atoms with Crippen LogP contribution in [-0.2, 0) is 0 Å². The van der Waals surface area contributed by atoms with Gasteiger partial charge in [-0.25, -0.2) is 0 Å². The second kappa shape index (κ2) is 5.29. The fourth-order valence-corrected chi connectivity index (χ4v) is 2.06. The van der Waals surface area contributed by atoms with E-state index < -0.39 is 0 Å².